The van der Waals surface area contributed by atoms with Gasteiger partial charge in [0, 0.05) is 77.4 Å². The van der Waals surface area contributed by atoms with Crippen LogP contribution in [0, 0.1) is 11.8 Å². The third-order valence-corrected chi connectivity index (χ3v) is 8.85. The molecule has 3 saturated heterocycles. The minimum Gasteiger partial charge on any atom is -0.444 e. The van der Waals surface area contributed by atoms with Crippen molar-refractivity contribution in [3.63, 3.8) is 0 Å². The summed E-state index contributed by atoms with van der Waals surface area (Å²) in [5.41, 5.74) is -0.678. The topological polar surface area (TPSA) is 136 Å². The molecule has 1 spiro atoms. The fourth-order valence-electron chi connectivity index (χ4n) is 6.47. The van der Waals surface area contributed by atoms with Crippen LogP contribution in [0.3, 0.4) is 0 Å². The second-order valence-corrected chi connectivity index (χ2v) is 15.7. The summed E-state index contributed by atoms with van der Waals surface area (Å²) in [5.74, 6) is -0.167. The molecule has 1 aromatic rings. The number of ether oxygens (including phenoxy) is 4. The van der Waals surface area contributed by atoms with E-state index in [0.717, 1.165) is 6.42 Å². The minimum absolute atomic E-state index is 0.0311. The van der Waals surface area contributed by atoms with Gasteiger partial charge in [0.2, 0.25) is 5.91 Å². The van der Waals surface area contributed by atoms with E-state index in [0.29, 0.717) is 82.5 Å². The van der Waals surface area contributed by atoms with Crippen molar-refractivity contribution in [1.29, 1.82) is 0 Å². The number of anilines is 1. The molecule has 3 aliphatic heterocycles. The van der Waals surface area contributed by atoms with Crippen molar-refractivity contribution in [2.24, 2.45) is 11.8 Å². The van der Waals surface area contributed by atoms with E-state index in [2.05, 4.69) is 24.1 Å². The van der Waals surface area contributed by atoms with Crippen LogP contribution in [0.4, 0.5) is 10.6 Å². The van der Waals surface area contributed by atoms with Crippen LogP contribution in [-0.2, 0) is 29.2 Å². The molecule has 3 amide bonds. The van der Waals surface area contributed by atoms with Gasteiger partial charge in [-0.2, -0.15) is 0 Å². The number of piperidine rings is 2. The zero-order chi connectivity index (χ0) is 35.3. The molecule has 0 unspecified atom stereocenters. The van der Waals surface area contributed by atoms with Crippen LogP contribution in [0.2, 0.25) is 0 Å². The maximum absolute atomic E-state index is 14.6. The fourth-order valence-corrected chi connectivity index (χ4v) is 6.47. The summed E-state index contributed by atoms with van der Waals surface area (Å²) in [6, 6.07) is -0.434. The van der Waals surface area contributed by atoms with Crippen LogP contribution < -0.4 is 5.32 Å². The lowest BCUT2D eigenvalue weighted by atomic mass is 9.90. The Morgan fingerprint density at radius 2 is 1.73 bits per heavy atom. The molecule has 3 aliphatic rings. The first-order valence-corrected chi connectivity index (χ1v) is 17.5. The molecular weight excluding hydrogens is 616 g/mol. The van der Waals surface area contributed by atoms with Crippen LogP contribution >= 0.6 is 0 Å². The number of carbonyl (C=O) groups is 3. The van der Waals surface area contributed by atoms with Gasteiger partial charge in [-0.1, -0.05) is 34.6 Å². The Labute approximate surface area is 286 Å². The van der Waals surface area contributed by atoms with Crippen molar-refractivity contribution in [1.82, 2.24) is 24.7 Å². The predicted molar refractivity (Wildman–Crippen MR) is 182 cm³/mol. The molecule has 48 heavy (non-hydrogen) atoms. The van der Waals surface area contributed by atoms with Crippen LogP contribution in [0.5, 0.6) is 0 Å². The average molecular weight is 675 g/mol. The molecule has 3 fully saturated rings. The average Bonchev–Trinajstić information content (AvgIpc) is 3.47. The highest BCUT2D eigenvalue weighted by Gasteiger charge is 2.45. The van der Waals surface area contributed by atoms with E-state index in [1.807, 2.05) is 51.3 Å². The number of carbonyl (C=O) groups excluding carboxylic acids is 3. The van der Waals surface area contributed by atoms with E-state index in [9.17, 15) is 14.4 Å². The van der Waals surface area contributed by atoms with E-state index >= 15 is 0 Å². The maximum atomic E-state index is 14.6. The van der Waals surface area contributed by atoms with Gasteiger partial charge in [-0.05, 0) is 39.5 Å². The lowest BCUT2D eigenvalue weighted by molar-refractivity contribution is -0.188. The lowest BCUT2D eigenvalue weighted by Crippen LogP contribution is -2.59. The lowest BCUT2D eigenvalue weighted by Gasteiger charge is -2.45. The summed E-state index contributed by atoms with van der Waals surface area (Å²) < 4.78 is 22.8. The summed E-state index contributed by atoms with van der Waals surface area (Å²) in [6.45, 7) is 19.9. The van der Waals surface area contributed by atoms with Crippen molar-refractivity contribution in [2.45, 2.75) is 104 Å². The molecule has 270 valence electrons. The third kappa shape index (κ3) is 9.78. The van der Waals surface area contributed by atoms with E-state index < -0.39 is 29.4 Å². The van der Waals surface area contributed by atoms with Gasteiger partial charge in [-0.25, -0.2) is 14.8 Å². The second kappa shape index (κ2) is 15.7. The summed E-state index contributed by atoms with van der Waals surface area (Å²) >= 11 is 0. The molecule has 4 heterocycles. The van der Waals surface area contributed by atoms with Gasteiger partial charge in [0.25, 0.3) is 5.91 Å². The highest BCUT2D eigenvalue weighted by Crippen LogP contribution is 2.34. The molecular formula is C35H58N6O7. The SMILES string of the molecule is COCCCNc1nc(C(C)(C)C)ncc1C(=O)N(CC(C)C)[C@H]1C[C@@H](C(=O)N2CCC3(CC2)OCCO3)CN(C(=O)OC(C)(C)C)C1. The molecule has 13 nitrogen and oxygen atoms in total. The largest absolute Gasteiger partial charge is 0.444 e. The number of hydrogen-bond acceptors (Lipinski definition) is 10. The van der Waals surface area contributed by atoms with Crippen LogP contribution in [0.25, 0.3) is 0 Å². The molecule has 13 heteroatoms. The second-order valence-electron chi connectivity index (χ2n) is 15.7. The van der Waals surface area contributed by atoms with Crippen molar-refractivity contribution >= 4 is 23.7 Å². The standard InChI is InChI=1S/C35H58N6O7/c1-24(2)21-41(30(43)27-20-37-31(33(3,4)5)38-28(27)36-13-10-16-45-9)26-19-25(22-40(23-26)32(44)48-34(6,7)8)29(42)39-14-11-35(12-15-39)46-17-18-47-35/h20,24-26H,10-19,21-23H2,1-9H3,(H,36,37,38)/t25-,26+/m1/s1. The maximum Gasteiger partial charge on any atom is 0.410 e. The predicted octanol–water partition coefficient (Wildman–Crippen LogP) is 4.31. The number of likely N-dealkylation sites (tertiary alicyclic amines) is 2. The van der Waals surface area contributed by atoms with E-state index in [1.165, 1.54) is 0 Å². The normalized spacial score (nSPS) is 21.5. The quantitative estimate of drug-likeness (QED) is 0.358. The van der Waals surface area contributed by atoms with Crippen LogP contribution in [-0.4, -0.2) is 126 Å². The molecule has 0 radical (unpaired) electrons. The van der Waals surface area contributed by atoms with Gasteiger partial charge in [0.05, 0.1) is 25.2 Å². The Hall–Kier alpha value is -3.03. The number of hydrogen-bond donors (Lipinski definition) is 1. The van der Waals surface area contributed by atoms with Crippen molar-refractivity contribution < 1.29 is 33.3 Å². The molecule has 1 aromatic heterocycles. The van der Waals surface area contributed by atoms with Gasteiger partial charge >= 0.3 is 6.09 Å². The van der Waals surface area contributed by atoms with Crippen molar-refractivity contribution in [2.75, 3.05) is 71.5 Å². The zero-order valence-electron chi connectivity index (χ0n) is 30.6. The summed E-state index contributed by atoms with van der Waals surface area (Å²) in [5, 5.41) is 3.35. The first-order valence-electron chi connectivity index (χ1n) is 17.5. The number of nitrogens with one attached hydrogen (secondary N) is 1. The monoisotopic (exact) mass is 674 g/mol. The Morgan fingerprint density at radius 1 is 1.06 bits per heavy atom. The Kier molecular flexibility index (Phi) is 12.3. The van der Waals surface area contributed by atoms with Crippen LogP contribution in [0.15, 0.2) is 6.20 Å². The number of nitrogens with zero attached hydrogens (tertiary/aromatic N) is 5. The van der Waals surface area contributed by atoms with E-state index in [1.54, 1.807) is 18.2 Å². The molecule has 0 saturated carbocycles. The Bertz CT molecular complexity index is 1260. The van der Waals surface area contributed by atoms with Gasteiger partial charge in [0.15, 0.2) is 5.79 Å². The van der Waals surface area contributed by atoms with Crippen molar-refractivity contribution in [3.8, 4) is 0 Å². The zero-order valence-corrected chi connectivity index (χ0v) is 30.6. The minimum atomic E-state index is -0.713. The van der Waals surface area contributed by atoms with Gasteiger partial charge in [-0.15, -0.1) is 0 Å². The van der Waals surface area contributed by atoms with Gasteiger partial charge in [-0.3, -0.25) is 9.59 Å². The summed E-state index contributed by atoms with van der Waals surface area (Å²) in [4.78, 5) is 56.9. The number of rotatable bonds is 10. The number of methoxy groups -OCH3 is 1. The highest BCUT2D eigenvalue weighted by molar-refractivity contribution is 5.98. The molecule has 0 aliphatic carbocycles. The molecule has 0 bridgehead atoms. The fraction of sp³-hybridized carbons (Fsp3) is 0.800. The highest BCUT2D eigenvalue weighted by atomic mass is 16.7. The Balaban J connectivity index is 1.64. The molecule has 1 N–H and O–H groups in total. The van der Waals surface area contributed by atoms with Crippen molar-refractivity contribution in [3.05, 3.63) is 17.6 Å². The molecule has 2 atom stereocenters. The van der Waals surface area contributed by atoms with E-state index in [-0.39, 0.29) is 36.2 Å². The first-order chi connectivity index (χ1) is 22.5. The molecule has 0 aromatic carbocycles. The summed E-state index contributed by atoms with van der Waals surface area (Å²) in [6.07, 6.45) is 3.48. The Morgan fingerprint density at radius 3 is 2.31 bits per heavy atom. The first kappa shape index (κ1) is 37.8. The van der Waals surface area contributed by atoms with Gasteiger partial charge in [0.1, 0.15) is 22.8 Å². The molecule has 4 rings (SSSR count). The number of amides is 3. The third-order valence-electron chi connectivity index (χ3n) is 8.85. The summed E-state index contributed by atoms with van der Waals surface area (Å²) in [7, 11) is 1.66. The van der Waals surface area contributed by atoms with Gasteiger partial charge < -0.3 is 39.0 Å². The number of aromatic nitrogens is 2. The smallest absolute Gasteiger partial charge is 0.410 e. The van der Waals surface area contributed by atoms with Crippen LogP contribution in [0.1, 0.15) is 97.3 Å². The van der Waals surface area contributed by atoms with E-state index in [4.69, 9.17) is 23.9 Å².